The van der Waals surface area contributed by atoms with Gasteiger partial charge in [0.1, 0.15) is 5.69 Å². The number of rotatable bonds is 5. The largest absolute Gasteiger partial charge is 0.363 e. The van der Waals surface area contributed by atoms with Crippen LogP contribution in [0, 0.1) is 10.1 Å². The molecule has 28 heavy (non-hydrogen) atoms. The van der Waals surface area contributed by atoms with Gasteiger partial charge in [0.25, 0.3) is 5.69 Å². The molecule has 1 aliphatic heterocycles. The maximum atomic E-state index is 12.6. The number of hydrogen-bond acceptors (Lipinski definition) is 5. The molecule has 1 unspecified atom stereocenters. The minimum Gasteiger partial charge on any atom is -0.363 e. The van der Waals surface area contributed by atoms with Crippen LogP contribution in [0.3, 0.4) is 0 Å². The first-order valence-corrected chi connectivity index (χ1v) is 9.60. The monoisotopic (exact) mass is 422 g/mol. The number of halogens is 2. The number of carbonyl (C=O) groups is 1. The van der Waals surface area contributed by atoms with Crippen molar-refractivity contribution in [3.8, 4) is 0 Å². The average Bonchev–Trinajstić information content (AvgIpc) is 2.70. The van der Waals surface area contributed by atoms with Crippen molar-refractivity contribution in [1.82, 2.24) is 4.90 Å². The number of carbonyl (C=O) groups excluding carboxylic acids is 1. The third-order valence-electron chi connectivity index (χ3n) is 4.85. The normalized spacial score (nSPS) is 15.9. The molecule has 0 radical (unpaired) electrons. The summed E-state index contributed by atoms with van der Waals surface area (Å²) in [5.74, 6) is -0.177. The first-order chi connectivity index (χ1) is 13.4. The fraction of sp³-hybridized carbons (Fsp3) is 0.316. The van der Waals surface area contributed by atoms with Crippen LogP contribution in [0.25, 0.3) is 0 Å². The Morgan fingerprint density at radius 1 is 1.14 bits per heavy atom. The quantitative estimate of drug-likeness (QED) is 0.580. The minimum absolute atomic E-state index is 0.0948. The van der Waals surface area contributed by atoms with Crippen molar-refractivity contribution in [3.05, 3.63) is 62.6 Å². The highest BCUT2D eigenvalue weighted by Crippen LogP contribution is 2.29. The summed E-state index contributed by atoms with van der Waals surface area (Å²) in [4.78, 5) is 27.5. The summed E-state index contributed by atoms with van der Waals surface area (Å²) in [5, 5.41) is 15.0. The van der Waals surface area contributed by atoms with Crippen molar-refractivity contribution in [1.29, 1.82) is 0 Å². The number of nitrogens with one attached hydrogen (secondary N) is 1. The van der Waals surface area contributed by atoms with E-state index >= 15 is 0 Å². The van der Waals surface area contributed by atoms with Gasteiger partial charge in [0.05, 0.1) is 21.7 Å². The molecule has 1 aliphatic rings. The molecule has 1 saturated heterocycles. The summed E-state index contributed by atoms with van der Waals surface area (Å²) in [5.41, 5.74) is 1.18. The van der Waals surface area contributed by atoms with Gasteiger partial charge in [-0.3, -0.25) is 19.8 Å². The molecule has 0 aromatic heterocycles. The lowest BCUT2D eigenvalue weighted by Crippen LogP contribution is -2.53. The molecule has 2 aromatic rings. The molecule has 0 bridgehead atoms. The van der Waals surface area contributed by atoms with Crippen LogP contribution < -0.4 is 10.2 Å². The van der Waals surface area contributed by atoms with Gasteiger partial charge < -0.3 is 10.2 Å². The molecule has 148 valence electrons. The molecule has 9 heteroatoms. The Hall–Kier alpha value is -2.35. The number of para-hydroxylation sites is 2. The zero-order chi connectivity index (χ0) is 20.3. The molecule has 1 N–H and O–H groups in total. The van der Waals surface area contributed by atoms with Gasteiger partial charge in [-0.1, -0.05) is 35.3 Å². The number of benzene rings is 2. The highest BCUT2D eigenvalue weighted by molar-refractivity contribution is 6.35. The third kappa shape index (κ3) is 4.55. The Kier molecular flexibility index (Phi) is 6.39. The van der Waals surface area contributed by atoms with Crippen molar-refractivity contribution in [2.24, 2.45) is 0 Å². The van der Waals surface area contributed by atoms with Gasteiger partial charge in [-0.2, -0.15) is 0 Å². The van der Waals surface area contributed by atoms with E-state index in [1.807, 2.05) is 16.7 Å². The molecule has 1 atom stereocenters. The second-order valence-electron chi connectivity index (χ2n) is 6.56. The molecule has 1 amide bonds. The molecule has 1 fully saturated rings. The molecule has 2 aromatic carbocycles. The SMILES string of the molecule is CC(C(=O)Nc1cc(Cl)ccc1Cl)N1CCN(c2ccccc2[N+](=O)[O-])CC1. The van der Waals surface area contributed by atoms with Gasteiger partial charge in [0.2, 0.25) is 5.91 Å². The summed E-state index contributed by atoms with van der Waals surface area (Å²) in [6, 6.07) is 11.2. The maximum Gasteiger partial charge on any atom is 0.292 e. The van der Waals surface area contributed by atoms with Crippen LogP contribution in [-0.2, 0) is 4.79 Å². The Bertz CT molecular complexity index is 885. The molecule has 0 saturated carbocycles. The lowest BCUT2D eigenvalue weighted by molar-refractivity contribution is -0.384. The van der Waals surface area contributed by atoms with Gasteiger partial charge in [-0.15, -0.1) is 0 Å². The molecule has 3 rings (SSSR count). The fourth-order valence-corrected chi connectivity index (χ4v) is 3.57. The van der Waals surface area contributed by atoms with E-state index in [1.54, 1.807) is 36.4 Å². The number of piperazine rings is 1. The van der Waals surface area contributed by atoms with Crippen LogP contribution in [0.2, 0.25) is 10.0 Å². The van der Waals surface area contributed by atoms with E-state index in [-0.39, 0.29) is 22.6 Å². The number of nitro benzene ring substituents is 1. The summed E-state index contributed by atoms with van der Waals surface area (Å²) in [7, 11) is 0. The van der Waals surface area contributed by atoms with Gasteiger partial charge in [-0.05, 0) is 31.2 Å². The summed E-state index contributed by atoms with van der Waals surface area (Å²) < 4.78 is 0. The average molecular weight is 423 g/mol. The van der Waals surface area contributed by atoms with Crippen molar-refractivity contribution in [2.45, 2.75) is 13.0 Å². The fourth-order valence-electron chi connectivity index (χ4n) is 3.23. The first kappa shape index (κ1) is 20.4. The molecule has 7 nitrogen and oxygen atoms in total. The van der Waals surface area contributed by atoms with E-state index in [4.69, 9.17) is 23.2 Å². The van der Waals surface area contributed by atoms with Crippen molar-refractivity contribution >= 4 is 46.2 Å². The van der Waals surface area contributed by atoms with Gasteiger partial charge in [-0.25, -0.2) is 0 Å². The minimum atomic E-state index is -0.372. The number of amides is 1. The summed E-state index contributed by atoms with van der Waals surface area (Å²) >= 11 is 12.1. The third-order valence-corrected chi connectivity index (χ3v) is 5.41. The van der Waals surface area contributed by atoms with Crippen molar-refractivity contribution in [3.63, 3.8) is 0 Å². The van der Waals surface area contributed by atoms with Crippen molar-refractivity contribution in [2.75, 3.05) is 36.4 Å². The van der Waals surface area contributed by atoms with Crippen LogP contribution in [0.4, 0.5) is 17.1 Å². The second-order valence-corrected chi connectivity index (χ2v) is 7.40. The Morgan fingerprint density at radius 2 is 1.82 bits per heavy atom. The van der Waals surface area contributed by atoms with E-state index in [2.05, 4.69) is 5.32 Å². The lowest BCUT2D eigenvalue weighted by atomic mass is 10.1. The number of nitrogens with zero attached hydrogens (tertiary/aromatic N) is 3. The molecular formula is C19H20Cl2N4O3. The summed E-state index contributed by atoms with van der Waals surface area (Å²) in [6.07, 6.45) is 0. The van der Waals surface area contributed by atoms with Crippen molar-refractivity contribution < 1.29 is 9.72 Å². The smallest absolute Gasteiger partial charge is 0.292 e. The molecular weight excluding hydrogens is 403 g/mol. The highest BCUT2D eigenvalue weighted by Gasteiger charge is 2.28. The van der Waals surface area contributed by atoms with Crippen LogP contribution in [0.1, 0.15) is 6.92 Å². The van der Waals surface area contributed by atoms with E-state index in [0.29, 0.717) is 47.6 Å². The van der Waals surface area contributed by atoms with Gasteiger partial charge in [0.15, 0.2) is 0 Å². The van der Waals surface area contributed by atoms with Crippen LogP contribution in [-0.4, -0.2) is 48.0 Å². The van der Waals surface area contributed by atoms with Gasteiger partial charge in [0, 0.05) is 37.3 Å². The summed E-state index contributed by atoms with van der Waals surface area (Å²) in [6.45, 7) is 4.25. The lowest BCUT2D eigenvalue weighted by Gasteiger charge is -2.38. The number of hydrogen-bond donors (Lipinski definition) is 1. The van der Waals surface area contributed by atoms with Crippen LogP contribution in [0.5, 0.6) is 0 Å². The maximum absolute atomic E-state index is 12.6. The predicted octanol–water partition coefficient (Wildman–Crippen LogP) is 4.05. The predicted molar refractivity (Wildman–Crippen MR) is 111 cm³/mol. The van der Waals surface area contributed by atoms with Crippen LogP contribution in [0.15, 0.2) is 42.5 Å². The Labute approximate surface area is 173 Å². The Morgan fingerprint density at radius 3 is 2.50 bits per heavy atom. The highest BCUT2D eigenvalue weighted by atomic mass is 35.5. The zero-order valence-corrected chi connectivity index (χ0v) is 16.8. The van der Waals surface area contributed by atoms with E-state index in [0.717, 1.165) is 0 Å². The zero-order valence-electron chi connectivity index (χ0n) is 15.3. The number of nitro groups is 1. The number of anilines is 2. The van der Waals surface area contributed by atoms with Gasteiger partial charge >= 0.3 is 0 Å². The topological polar surface area (TPSA) is 78.7 Å². The van der Waals surface area contributed by atoms with E-state index in [9.17, 15) is 14.9 Å². The second kappa shape index (κ2) is 8.77. The Balaban J connectivity index is 1.62. The molecule has 0 aliphatic carbocycles. The van der Waals surface area contributed by atoms with E-state index in [1.165, 1.54) is 6.07 Å². The molecule has 0 spiro atoms. The van der Waals surface area contributed by atoms with E-state index < -0.39 is 0 Å². The van der Waals surface area contributed by atoms with Crippen LogP contribution >= 0.6 is 23.2 Å². The standard InChI is InChI=1S/C19H20Cl2N4O3/c1-13(19(26)22-16-12-14(20)6-7-15(16)21)23-8-10-24(11-9-23)17-4-2-3-5-18(17)25(27)28/h2-7,12-13H,8-11H2,1H3,(H,22,26). The molecule has 1 heterocycles. The first-order valence-electron chi connectivity index (χ1n) is 8.85.